The van der Waals surface area contributed by atoms with Gasteiger partial charge < -0.3 is 25.6 Å². The fraction of sp³-hybridized carbons (Fsp3) is 0.909. The van der Waals surface area contributed by atoms with Crippen molar-refractivity contribution in [1.29, 1.82) is 0 Å². The molecule has 0 radical (unpaired) electrons. The Bertz CT molecular complexity index is 192. The lowest BCUT2D eigenvalue weighted by atomic mass is 10.4. The van der Waals surface area contributed by atoms with Crippen LogP contribution in [0.5, 0.6) is 0 Å². The minimum Gasteiger partial charge on any atom is -0.450 e. The molecule has 100 valence electrons. The number of hydrogen-bond acceptors (Lipinski definition) is 5. The topological polar surface area (TPSA) is 65.6 Å². The van der Waals surface area contributed by atoms with Crippen molar-refractivity contribution in [1.82, 2.24) is 20.9 Å². The van der Waals surface area contributed by atoms with Crippen LogP contribution in [-0.4, -0.2) is 70.0 Å². The molecular formula is C11H24N4O2. The fourth-order valence-electron chi connectivity index (χ4n) is 1.67. The molecule has 0 atom stereocenters. The molecule has 0 aromatic heterocycles. The molecule has 0 aliphatic carbocycles. The van der Waals surface area contributed by atoms with Crippen LogP contribution >= 0.6 is 0 Å². The molecule has 6 heteroatoms. The second-order valence-corrected chi connectivity index (χ2v) is 3.94. The maximum atomic E-state index is 11.1. The molecular weight excluding hydrogens is 220 g/mol. The first-order valence-electron chi connectivity index (χ1n) is 6.38. The van der Waals surface area contributed by atoms with E-state index >= 15 is 0 Å². The molecule has 3 N–H and O–H groups in total. The van der Waals surface area contributed by atoms with Crippen molar-refractivity contribution in [2.24, 2.45) is 0 Å². The first kappa shape index (κ1) is 14.2. The van der Waals surface area contributed by atoms with Crippen LogP contribution in [0.4, 0.5) is 4.79 Å². The van der Waals surface area contributed by atoms with Gasteiger partial charge in [0.25, 0.3) is 0 Å². The third kappa shape index (κ3) is 6.45. The van der Waals surface area contributed by atoms with Crippen molar-refractivity contribution in [3.05, 3.63) is 0 Å². The molecule has 0 spiro atoms. The van der Waals surface area contributed by atoms with E-state index in [0.29, 0.717) is 6.61 Å². The monoisotopic (exact) mass is 244 g/mol. The normalized spacial score (nSPS) is 20.2. The van der Waals surface area contributed by atoms with E-state index in [9.17, 15) is 4.79 Å². The van der Waals surface area contributed by atoms with Gasteiger partial charge in [-0.25, -0.2) is 4.79 Å². The zero-order valence-electron chi connectivity index (χ0n) is 10.6. The van der Waals surface area contributed by atoms with E-state index in [-0.39, 0.29) is 6.09 Å². The van der Waals surface area contributed by atoms with Gasteiger partial charge in [-0.05, 0) is 6.92 Å². The highest BCUT2D eigenvalue weighted by Gasteiger charge is 2.15. The summed E-state index contributed by atoms with van der Waals surface area (Å²) in [5.74, 6) is 0. The van der Waals surface area contributed by atoms with Gasteiger partial charge in [-0.15, -0.1) is 0 Å². The van der Waals surface area contributed by atoms with Gasteiger partial charge in [0.2, 0.25) is 0 Å². The number of rotatable bonds is 1. The number of carbonyl (C=O) groups is 1. The SMILES string of the molecule is C1CNCCN1.CCOC(=O)N1CCNCC1. The summed E-state index contributed by atoms with van der Waals surface area (Å²) in [5, 5.41) is 9.61. The van der Waals surface area contributed by atoms with Gasteiger partial charge >= 0.3 is 6.09 Å². The van der Waals surface area contributed by atoms with E-state index < -0.39 is 0 Å². The number of carbonyl (C=O) groups excluding carboxylic acids is 1. The highest BCUT2D eigenvalue weighted by atomic mass is 16.6. The number of nitrogens with one attached hydrogen (secondary N) is 3. The molecule has 6 nitrogen and oxygen atoms in total. The van der Waals surface area contributed by atoms with Crippen LogP contribution in [-0.2, 0) is 4.74 Å². The largest absolute Gasteiger partial charge is 0.450 e. The second kappa shape index (κ2) is 9.21. The lowest BCUT2D eigenvalue weighted by Crippen LogP contribution is -2.46. The Hall–Kier alpha value is -0.850. The standard InChI is InChI=1S/C7H14N2O2.C4H10N2/c1-2-11-7(10)9-5-3-8-4-6-9;1-2-6-4-3-5-1/h8H,2-6H2,1H3;5-6H,1-4H2. The number of ether oxygens (including phenoxy) is 1. The minimum absolute atomic E-state index is 0.186. The van der Waals surface area contributed by atoms with Gasteiger partial charge in [-0.3, -0.25) is 0 Å². The Morgan fingerprint density at radius 3 is 1.88 bits per heavy atom. The van der Waals surface area contributed by atoms with Gasteiger partial charge in [-0.2, -0.15) is 0 Å². The maximum absolute atomic E-state index is 11.1. The summed E-state index contributed by atoms with van der Waals surface area (Å²) in [7, 11) is 0. The van der Waals surface area contributed by atoms with E-state index in [1.807, 2.05) is 6.92 Å². The predicted molar refractivity (Wildman–Crippen MR) is 67.2 cm³/mol. The third-order valence-corrected chi connectivity index (χ3v) is 2.60. The molecule has 2 aliphatic rings. The third-order valence-electron chi connectivity index (χ3n) is 2.60. The van der Waals surface area contributed by atoms with Crippen LogP contribution in [0.2, 0.25) is 0 Å². The van der Waals surface area contributed by atoms with Crippen molar-refractivity contribution in [3.8, 4) is 0 Å². The van der Waals surface area contributed by atoms with Gasteiger partial charge in [0.1, 0.15) is 0 Å². The summed E-state index contributed by atoms with van der Waals surface area (Å²) < 4.78 is 4.84. The van der Waals surface area contributed by atoms with Crippen LogP contribution in [0.3, 0.4) is 0 Å². The average Bonchev–Trinajstić information content (AvgIpc) is 2.43. The first-order valence-corrected chi connectivity index (χ1v) is 6.38. The zero-order valence-corrected chi connectivity index (χ0v) is 10.6. The molecule has 0 saturated carbocycles. The molecule has 0 bridgehead atoms. The fourth-order valence-corrected chi connectivity index (χ4v) is 1.67. The second-order valence-electron chi connectivity index (χ2n) is 3.94. The minimum atomic E-state index is -0.186. The van der Waals surface area contributed by atoms with E-state index in [1.54, 1.807) is 4.90 Å². The van der Waals surface area contributed by atoms with Crippen LogP contribution < -0.4 is 16.0 Å². The molecule has 2 fully saturated rings. The van der Waals surface area contributed by atoms with E-state index in [1.165, 1.54) is 0 Å². The van der Waals surface area contributed by atoms with Crippen LogP contribution in [0.1, 0.15) is 6.92 Å². The molecule has 2 rings (SSSR count). The molecule has 0 aromatic carbocycles. The molecule has 1 amide bonds. The Labute approximate surface area is 103 Å². The quantitative estimate of drug-likeness (QED) is 0.565. The van der Waals surface area contributed by atoms with Crippen molar-refractivity contribution < 1.29 is 9.53 Å². The number of piperazine rings is 2. The van der Waals surface area contributed by atoms with Gasteiger partial charge in [0.05, 0.1) is 6.61 Å². The summed E-state index contributed by atoms with van der Waals surface area (Å²) in [5.41, 5.74) is 0. The van der Waals surface area contributed by atoms with E-state index in [2.05, 4.69) is 16.0 Å². The van der Waals surface area contributed by atoms with E-state index in [0.717, 1.165) is 52.4 Å². The smallest absolute Gasteiger partial charge is 0.409 e. The Morgan fingerprint density at radius 1 is 1.00 bits per heavy atom. The Kier molecular flexibility index (Phi) is 7.70. The van der Waals surface area contributed by atoms with Gasteiger partial charge in [0, 0.05) is 52.4 Å². The lowest BCUT2D eigenvalue weighted by Gasteiger charge is -2.26. The number of hydrogen-bond donors (Lipinski definition) is 3. The van der Waals surface area contributed by atoms with Crippen molar-refractivity contribution in [2.45, 2.75) is 6.92 Å². The van der Waals surface area contributed by atoms with Crippen LogP contribution in [0, 0.1) is 0 Å². The van der Waals surface area contributed by atoms with Gasteiger partial charge in [0.15, 0.2) is 0 Å². The van der Waals surface area contributed by atoms with E-state index in [4.69, 9.17) is 4.74 Å². The van der Waals surface area contributed by atoms with Crippen molar-refractivity contribution >= 4 is 6.09 Å². The van der Waals surface area contributed by atoms with Crippen LogP contribution in [0.15, 0.2) is 0 Å². The summed E-state index contributed by atoms with van der Waals surface area (Å²) in [4.78, 5) is 12.8. The molecule has 2 saturated heterocycles. The predicted octanol–water partition coefficient (Wildman–Crippen LogP) is -0.773. The van der Waals surface area contributed by atoms with Crippen LogP contribution in [0.25, 0.3) is 0 Å². The average molecular weight is 244 g/mol. The highest BCUT2D eigenvalue weighted by molar-refractivity contribution is 5.67. The molecule has 2 aliphatic heterocycles. The Morgan fingerprint density at radius 2 is 1.47 bits per heavy atom. The lowest BCUT2D eigenvalue weighted by molar-refractivity contribution is 0.102. The molecule has 0 unspecified atom stereocenters. The summed E-state index contributed by atoms with van der Waals surface area (Å²) >= 11 is 0. The zero-order chi connectivity index (χ0) is 12.3. The Balaban J connectivity index is 0.000000202. The van der Waals surface area contributed by atoms with Crippen molar-refractivity contribution in [2.75, 3.05) is 59.0 Å². The van der Waals surface area contributed by atoms with Crippen molar-refractivity contribution in [3.63, 3.8) is 0 Å². The summed E-state index contributed by atoms with van der Waals surface area (Å²) in [6.45, 7) is 10.1. The molecule has 2 heterocycles. The maximum Gasteiger partial charge on any atom is 0.409 e. The first-order chi connectivity index (χ1) is 8.34. The molecule has 17 heavy (non-hydrogen) atoms. The number of nitrogens with zero attached hydrogens (tertiary/aromatic N) is 1. The summed E-state index contributed by atoms with van der Waals surface area (Å²) in [6, 6.07) is 0. The molecule has 0 aromatic rings. The number of amides is 1. The highest BCUT2D eigenvalue weighted by Crippen LogP contribution is 1.95. The van der Waals surface area contributed by atoms with Gasteiger partial charge in [-0.1, -0.05) is 0 Å². The summed E-state index contributed by atoms with van der Waals surface area (Å²) in [6.07, 6.45) is -0.186.